The molecule has 0 heterocycles. The van der Waals surface area contributed by atoms with Crippen molar-refractivity contribution in [2.75, 3.05) is 0 Å². The Morgan fingerprint density at radius 3 is 1.35 bits per heavy atom. The monoisotopic (exact) mass is 754 g/mol. The third-order valence-electron chi connectivity index (χ3n) is 10.4. The van der Waals surface area contributed by atoms with Crippen molar-refractivity contribution < 1.29 is 17.1 Å². The topological polar surface area (TPSA) is 0 Å². The summed E-state index contributed by atoms with van der Waals surface area (Å²) in [7, 11) is -1.15. The summed E-state index contributed by atoms with van der Waals surface area (Å²) in [4.78, 5) is 0. The van der Waals surface area contributed by atoms with Crippen molar-refractivity contribution in [2.45, 2.75) is 97.6 Å². The second-order valence-corrected chi connectivity index (χ2v) is 19.1. The fourth-order valence-electron chi connectivity index (χ4n) is 8.41. The van der Waals surface area contributed by atoms with Crippen LogP contribution >= 0.6 is 15.8 Å². The van der Waals surface area contributed by atoms with Crippen LogP contribution in [0.1, 0.15) is 92.0 Å². The summed E-state index contributed by atoms with van der Waals surface area (Å²) >= 11 is 0. The van der Waals surface area contributed by atoms with E-state index in [1.54, 1.807) is 21.5 Å². The van der Waals surface area contributed by atoms with Gasteiger partial charge in [-0.3, -0.25) is 0 Å². The van der Waals surface area contributed by atoms with Gasteiger partial charge in [0.2, 0.25) is 0 Å². The summed E-state index contributed by atoms with van der Waals surface area (Å²) in [6.07, 6.45) is 11.4. The van der Waals surface area contributed by atoms with Gasteiger partial charge in [-0.25, -0.2) is 0 Å². The second kappa shape index (κ2) is 20.6. The van der Waals surface area contributed by atoms with Crippen LogP contribution in [0.15, 0.2) is 121 Å². The van der Waals surface area contributed by atoms with Crippen molar-refractivity contribution in [3.8, 4) is 0 Å². The van der Waals surface area contributed by atoms with Crippen molar-refractivity contribution in [3.05, 3.63) is 164 Å². The Bertz CT molecular complexity index is 1620. The second-order valence-electron chi connectivity index (χ2n) is 14.3. The standard InChI is InChI=1S/C41H44P2.C5H10.2CH3.Fe/c1-29-23-30(2)26-36(25-29)42(37-27-31(3)24-32(4)28-37)33(5)38-20-14-21-39(38)40-19-12-13-22-41(40)43(34-15-8-6-9-16-34)35-17-10-7-11-18-35;1-2-4-5-3-1;;;/h6-13,15-19,22-28,33,38-39H,14,20-21H2,1-5H3;1-5H2;2*1H3;/q;;2*-1;+2/t33-,38?,39?;;;;/m0..../s1. The normalized spacial score (nSPS) is 17.1. The molecule has 0 bridgehead atoms. The predicted molar refractivity (Wildman–Crippen MR) is 229 cm³/mol. The van der Waals surface area contributed by atoms with E-state index in [0.717, 1.165) is 0 Å². The Hall–Kier alpha value is -2.52. The number of benzene rings is 5. The van der Waals surface area contributed by atoms with Gasteiger partial charge in [-0.1, -0.05) is 189 Å². The maximum absolute atomic E-state index is 2.59. The molecule has 270 valence electrons. The molecule has 0 aliphatic heterocycles. The van der Waals surface area contributed by atoms with Gasteiger partial charge < -0.3 is 14.9 Å². The van der Waals surface area contributed by atoms with Crippen LogP contribution in [-0.4, -0.2) is 5.66 Å². The van der Waals surface area contributed by atoms with E-state index in [1.165, 1.54) is 84.2 Å². The third kappa shape index (κ3) is 10.8. The molecule has 2 aliphatic carbocycles. The van der Waals surface area contributed by atoms with Crippen LogP contribution in [0.5, 0.6) is 0 Å². The van der Waals surface area contributed by atoms with Crippen molar-refractivity contribution in [1.29, 1.82) is 0 Å². The Morgan fingerprint density at radius 1 is 0.490 bits per heavy atom. The third-order valence-corrected chi connectivity index (χ3v) is 15.8. The molecule has 3 heteroatoms. The van der Waals surface area contributed by atoms with Gasteiger partial charge in [0.05, 0.1) is 0 Å². The largest absolute Gasteiger partial charge is 2.00 e. The molecule has 3 atom stereocenters. The molecule has 2 aliphatic rings. The predicted octanol–water partition coefficient (Wildman–Crippen LogP) is 11.9. The zero-order valence-corrected chi connectivity index (χ0v) is 35.1. The van der Waals surface area contributed by atoms with Crippen molar-refractivity contribution in [3.63, 3.8) is 0 Å². The van der Waals surface area contributed by atoms with E-state index in [9.17, 15) is 0 Å². The average Bonchev–Trinajstić information content (AvgIpc) is 3.82. The fraction of sp³-hybridized carbons (Fsp3) is 0.333. The van der Waals surface area contributed by atoms with Gasteiger partial charge in [0.15, 0.2) is 0 Å². The van der Waals surface area contributed by atoms with Gasteiger partial charge in [-0.05, 0) is 106 Å². The Labute approximate surface area is 325 Å². The summed E-state index contributed by atoms with van der Waals surface area (Å²) in [6, 6.07) is 46.5. The van der Waals surface area contributed by atoms with E-state index in [0.29, 0.717) is 17.5 Å². The van der Waals surface area contributed by atoms with Gasteiger partial charge >= 0.3 is 17.1 Å². The summed E-state index contributed by atoms with van der Waals surface area (Å²) in [5, 5.41) is 7.50. The summed E-state index contributed by atoms with van der Waals surface area (Å²) in [5.74, 6) is 1.22. The van der Waals surface area contributed by atoms with Crippen LogP contribution < -0.4 is 26.5 Å². The van der Waals surface area contributed by atoms with Gasteiger partial charge in [-0.15, -0.1) is 0 Å². The molecule has 7 rings (SSSR count). The van der Waals surface area contributed by atoms with Crippen LogP contribution in [0, 0.1) is 48.5 Å². The first-order chi connectivity index (χ1) is 23.4. The number of hydrogen-bond donors (Lipinski definition) is 0. The summed E-state index contributed by atoms with van der Waals surface area (Å²) < 4.78 is 0. The first kappa shape index (κ1) is 42.9. The van der Waals surface area contributed by atoms with Gasteiger partial charge in [0.1, 0.15) is 0 Å². The van der Waals surface area contributed by atoms with Gasteiger partial charge in [0, 0.05) is 0 Å². The van der Waals surface area contributed by atoms with E-state index in [2.05, 4.69) is 156 Å². The molecule has 2 fully saturated rings. The Morgan fingerprint density at radius 2 is 0.902 bits per heavy atom. The minimum Gasteiger partial charge on any atom is -0.358 e. The van der Waals surface area contributed by atoms with Crippen LogP contribution in [0.4, 0.5) is 0 Å². The van der Waals surface area contributed by atoms with Crippen molar-refractivity contribution in [2.24, 2.45) is 5.92 Å². The molecule has 5 aromatic carbocycles. The molecule has 0 spiro atoms. The summed E-state index contributed by atoms with van der Waals surface area (Å²) in [5.41, 5.74) is 7.68. The molecule has 0 N–H and O–H groups in total. The zero-order chi connectivity index (χ0) is 33.5. The zero-order valence-electron chi connectivity index (χ0n) is 32.2. The molecule has 0 amide bonds. The summed E-state index contributed by atoms with van der Waals surface area (Å²) in [6.45, 7) is 11.6. The average molecular weight is 755 g/mol. The number of hydrogen-bond acceptors (Lipinski definition) is 0. The smallest absolute Gasteiger partial charge is 0.358 e. The van der Waals surface area contributed by atoms with Crippen LogP contribution in [0.25, 0.3) is 0 Å². The quantitative estimate of drug-likeness (QED) is 0.0841. The molecular formula is C48H60FeP2. The van der Waals surface area contributed by atoms with E-state index >= 15 is 0 Å². The minimum absolute atomic E-state index is 0. The molecule has 0 nitrogen and oxygen atoms in total. The van der Waals surface area contributed by atoms with Gasteiger partial charge in [-0.2, -0.15) is 0 Å². The maximum atomic E-state index is 2.59. The Kier molecular flexibility index (Phi) is 17.4. The minimum atomic E-state index is -0.636. The molecule has 2 saturated carbocycles. The first-order valence-corrected chi connectivity index (χ1v) is 21.1. The van der Waals surface area contributed by atoms with Crippen LogP contribution in [-0.2, 0) is 17.1 Å². The molecular weight excluding hydrogens is 694 g/mol. The Balaban J connectivity index is 0.000000809. The van der Waals surface area contributed by atoms with Crippen LogP contribution in [0.2, 0.25) is 0 Å². The molecule has 0 radical (unpaired) electrons. The van der Waals surface area contributed by atoms with Crippen LogP contribution in [0.3, 0.4) is 0 Å². The maximum Gasteiger partial charge on any atom is 2.00 e. The molecule has 5 aromatic rings. The van der Waals surface area contributed by atoms with E-state index in [4.69, 9.17) is 0 Å². The van der Waals surface area contributed by atoms with E-state index in [-0.39, 0.29) is 31.9 Å². The molecule has 2 unspecified atom stereocenters. The number of rotatable bonds is 8. The van der Waals surface area contributed by atoms with Crippen molar-refractivity contribution >= 4 is 42.4 Å². The van der Waals surface area contributed by atoms with E-state index < -0.39 is 15.8 Å². The first-order valence-electron chi connectivity index (χ1n) is 18.3. The molecule has 51 heavy (non-hydrogen) atoms. The SMILES string of the molecule is C1CCCC1.Cc1cc(C)cc(P(c2cc(C)cc(C)c2)[C@@H](C)C2CCCC2c2ccccc2P(c2ccccc2)c2ccccc2)c1.[CH3-].[CH3-].[Fe+2]. The van der Waals surface area contributed by atoms with E-state index in [1.807, 2.05) is 0 Å². The molecule has 0 aromatic heterocycles. The fourth-order valence-corrected chi connectivity index (χ4v) is 14.3. The van der Waals surface area contributed by atoms with Crippen molar-refractivity contribution in [1.82, 2.24) is 0 Å². The molecule has 0 saturated heterocycles. The van der Waals surface area contributed by atoms with Gasteiger partial charge in [0.25, 0.3) is 0 Å². The number of aryl methyl sites for hydroxylation is 4.